The average molecular weight is 433 g/mol. The molecule has 0 radical (unpaired) electrons. The van der Waals surface area contributed by atoms with Gasteiger partial charge in [-0.15, -0.1) is 0 Å². The summed E-state index contributed by atoms with van der Waals surface area (Å²) in [6, 6.07) is 7.63. The molecule has 3 aromatic heterocycles. The Labute approximate surface area is 182 Å². The van der Waals surface area contributed by atoms with Crippen molar-refractivity contribution in [2.75, 3.05) is 11.4 Å². The van der Waals surface area contributed by atoms with E-state index in [1.807, 2.05) is 17.9 Å². The molecule has 162 valence electrons. The molecule has 1 atom stereocenters. The minimum absolute atomic E-state index is 0.118. The number of amides is 1. The number of carbonyl (C=O) groups is 1. The van der Waals surface area contributed by atoms with Gasteiger partial charge in [-0.2, -0.15) is 4.98 Å². The SMILES string of the molecule is Cc1nc(N2CCCC2C(=O)NCc2nc(-c3cccnc3)no2)nc2ccc(F)cc12. The number of fused-ring (bicyclic) bond motifs is 1. The molecular weight excluding hydrogens is 413 g/mol. The maximum atomic E-state index is 13.6. The van der Waals surface area contributed by atoms with Crippen LogP contribution in [0.15, 0.2) is 47.2 Å². The van der Waals surface area contributed by atoms with Gasteiger partial charge in [-0.05, 0) is 50.1 Å². The number of pyridine rings is 1. The van der Waals surface area contributed by atoms with E-state index in [-0.39, 0.29) is 18.3 Å². The number of anilines is 1. The zero-order chi connectivity index (χ0) is 22.1. The van der Waals surface area contributed by atoms with Crippen LogP contribution in [0.5, 0.6) is 0 Å². The van der Waals surface area contributed by atoms with Crippen LogP contribution in [0, 0.1) is 12.7 Å². The highest BCUT2D eigenvalue weighted by molar-refractivity contribution is 5.86. The Morgan fingerprint density at radius 3 is 3.03 bits per heavy atom. The third-order valence-corrected chi connectivity index (χ3v) is 5.45. The molecule has 4 heterocycles. The molecule has 1 N–H and O–H groups in total. The van der Waals surface area contributed by atoms with Crippen molar-refractivity contribution in [2.24, 2.45) is 0 Å². The highest BCUT2D eigenvalue weighted by Crippen LogP contribution is 2.26. The van der Waals surface area contributed by atoms with E-state index in [4.69, 9.17) is 4.52 Å². The Morgan fingerprint density at radius 1 is 1.28 bits per heavy atom. The fourth-order valence-corrected chi connectivity index (χ4v) is 3.87. The lowest BCUT2D eigenvalue weighted by atomic mass is 10.2. The Kier molecular flexibility index (Phi) is 5.18. The standard InChI is InChI=1S/C22H20FN7O2/c1-13-16-10-15(23)6-7-17(16)27-22(26-13)30-9-3-5-18(30)21(31)25-12-19-28-20(29-32-19)14-4-2-8-24-11-14/h2,4,6-8,10-11,18H,3,5,9,12H2,1H3,(H,25,31). The van der Waals surface area contributed by atoms with E-state index >= 15 is 0 Å². The van der Waals surface area contributed by atoms with Gasteiger partial charge in [0.15, 0.2) is 0 Å². The van der Waals surface area contributed by atoms with Crippen molar-refractivity contribution in [3.8, 4) is 11.4 Å². The lowest BCUT2D eigenvalue weighted by Crippen LogP contribution is -2.43. The predicted octanol–water partition coefficient (Wildman–Crippen LogP) is 2.81. The van der Waals surface area contributed by atoms with Crippen molar-refractivity contribution in [1.29, 1.82) is 0 Å². The smallest absolute Gasteiger partial charge is 0.246 e. The Morgan fingerprint density at radius 2 is 2.19 bits per heavy atom. The molecule has 0 spiro atoms. The first-order valence-electron chi connectivity index (χ1n) is 10.3. The van der Waals surface area contributed by atoms with Crippen molar-refractivity contribution in [2.45, 2.75) is 32.4 Å². The van der Waals surface area contributed by atoms with Crippen LogP contribution in [0.25, 0.3) is 22.3 Å². The number of aryl methyl sites for hydroxylation is 1. The fourth-order valence-electron chi connectivity index (χ4n) is 3.87. The second kappa shape index (κ2) is 8.29. The molecule has 1 saturated heterocycles. The van der Waals surface area contributed by atoms with Crippen LogP contribution in [-0.2, 0) is 11.3 Å². The molecule has 0 aliphatic carbocycles. The monoisotopic (exact) mass is 433 g/mol. The molecule has 10 heteroatoms. The zero-order valence-corrected chi connectivity index (χ0v) is 17.3. The quantitative estimate of drug-likeness (QED) is 0.512. The van der Waals surface area contributed by atoms with E-state index in [1.165, 1.54) is 12.1 Å². The van der Waals surface area contributed by atoms with Gasteiger partial charge in [0.2, 0.25) is 23.6 Å². The van der Waals surface area contributed by atoms with Crippen LogP contribution in [0.1, 0.15) is 24.4 Å². The van der Waals surface area contributed by atoms with Crippen LogP contribution in [0.2, 0.25) is 0 Å². The first-order chi connectivity index (χ1) is 15.6. The lowest BCUT2D eigenvalue weighted by Gasteiger charge is -2.24. The molecule has 5 rings (SSSR count). The summed E-state index contributed by atoms with van der Waals surface area (Å²) in [4.78, 5) is 32.2. The van der Waals surface area contributed by atoms with Crippen molar-refractivity contribution in [3.63, 3.8) is 0 Å². The number of benzene rings is 1. The molecule has 0 saturated carbocycles. The van der Waals surface area contributed by atoms with Crippen LogP contribution in [0.3, 0.4) is 0 Å². The van der Waals surface area contributed by atoms with Crippen molar-refractivity contribution < 1.29 is 13.7 Å². The van der Waals surface area contributed by atoms with Gasteiger partial charge in [-0.25, -0.2) is 14.4 Å². The first kappa shape index (κ1) is 20.0. The highest BCUT2D eigenvalue weighted by atomic mass is 19.1. The van der Waals surface area contributed by atoms with Gasteiger partial charge in [0, 0.05) is 29.9 Å². The van der Waals surface area contributed by atoms with Gasteiger partial charge < -0.3 is 14.7 Å². The number of carbonyl (C=O) groups excluding carboxylic acids is 1. The summed E-state index contributed by atoms with van der Waals surface area (Å²) in [6.45, 7) is 2.59. The summed E-state index contributed by atoms with van der Waals surface area (Å²) in [7, 11) is 0. The molecule has 1 unspecified atom stereocenters. The van der Waals surface area contributed by atoms with E-state index in [1.54, 1.807) is 24.5 Å². The maximum Gasteiger partial charge on any atom is 0.246 e. The molecule has 1 aromatic carbocycles. The van der Waals surface area contributed by atoms with E-state index in [9.17, 15) is 9.18 Å². The van der Waals surface area contributed by atoms with Gasteiger partial charge >= 0.3 is 0 Å². The van der Waals surface area contributed by atoms with Gasteiger partial charge in [-0.1, -0.05) is 5.16 Å². The normalized spacial score (nSPS) is 15.9. The van der Waals surface area contributed by atoms with Crippen molar-refractivity contribution in [3.05, 3.63) is 60.1 Å². The second-order valence-corrected chi connectivity index (χ2v) is 7.59. The molecule has 0 bridgehead atoms. The lowest BCUT2D eigenvalue weighted by molar-refractivity contribution is -0.122. The van der Waals surface area contributed by atoms with Gasteiger partial charge in [-0.3, -0.25) is 9.78 Å². The summed E-state index contributed by atoms with van der Waals surface area (Å²) >= 11 is 0. The number of rotatable bonds is 5. The third-order valence-electron chi connectivity index (χ3n) is 5.45. The molecule has 1 aliphatic heterocycles. The van der Waals surface area contributed by atoms with Gasteiger partial charge in [0.25, 0.3) is 0 Å². The van der Waals surface area contributed by atoms with E-state index in [0.29, 0.717) is 47.2 Å². The Hall–Kier alpha value is -3.95. The summed E-state index contributed by atoms with van der Waals surface area (Å²) in [5.41, 5.74) is 2.05. The molecule has 1 amide bonds. The number of aromatic nitrogens is 5. The number of hydrogen-bond acceptors (Lipinski definition) is 8. The number of nitrogens with one attached hydrogen (secondary N) is 1. The second-order valence-electron chi connectivity index (χ2n) is 7.59. The minimum atomic E-state index is -0.409. The summed E-state index contributed by atoms with van der Waals surface area (Å²) in [5.74, 6) is 0.700. The molecule has 1 aliphatic rings. The zero-order valence-electron chi connectivity index (χ0n) is 17.3. The van der Waals surface area contributed by atoms with Crippen molar-refractivity contribution in [1.82, 2.24) is 30.4 Å². The van der Waals surface area contributed by atoms with Crippen LogP contribution in [0.4, 0.5) is 10.3 Å². The molecule has 1 fully saturated rings. The summed E-state index contributed by atoms with van der Waals surface area (Å²) in [5, 5.41) is 7.46. The number of halogens is 1. The van der Waals surface area contributed by atoms with E-state index < -0.39 is 6.04 Å². The largest absolute Gasteiger partial charge is 0.345 e. The van der Waals surface area contributed by atoms with Gasteiger partial charge in [0.05, 0.1) is 17.8 Å². The topological polar surface area (TPSA) is 110 Å². The predicted molar refractivity (Wildman–Crippen MR) is 114 cm³/mol. The average Bonchev–Trinajstić information content (AvgIpc) is 3.48. The summed E-state index contributed by atoms with van der Waals surface area (Å²) < 4.78 is 18.8. The fraction of sp³-hybridized carbons (Fsp3) is 0.273. The summed E-state index contributed by atoms with van der Waals surface area (Å²) in [6.07, 6.45) is 4.83. The van der Waals surface area contributed by atoms with Crippen LogP contribution in [-0.4, -0.2) is 43.6 Å². The van der Waals surface area contributed by atoms with Gasteiger partial charge in [0.1, 0.15) is 11.9 Å². The molecular formula is C22H20FN7O2. The molecule has 9 nitrogen and oxygen atoms in total. The highest BCUT2D eigenvalue weighted by Gasteiger charge is 2.33. The molecule has 32 heavy (non-hydrogen) atoms. The van der Waals surface area contributed by atoms with Crippen LogP contribution >= 0.6 is 0 Å². The molecule has 4 aromatic rings. The van der Waals surface area contributed by atoms with E-state index in [2.05, 4.69) is 30.4 Å². The Balaban J connectivity index is 1.30. The van der Waals surface area contributed by atoms with E-state index in [0.717, 1.165) is 12.0 Å². The Bertz CT molecular complexity index is 1280. The van der Waals surface area contributed by atoms with Crippen LogP contribution < -0.4 is 10.2 Å². The maximum absolute atomic E-state index is 13.6. The first-order valence-corrected chi connectivity index (χ1v) is 10.3. The third kappa shape index (κ3) is 3.86. The number of hydrogen-bond donors (Lipinski definition) is 1. The minimum Gasteiger partial charge on any atom is -0.345 e. The van der Waals surface area contributed by atoms with Crippen molar-refractivity contribution >= 4 is 22.8 Å². The number of nitrogens with zero attached hydrogens (tertiary/aromatic N) is 6.